The SMILES string of the molecule is CC(C)(C)OC(=O)N1CCC(CN2CCN(c3ccc([N+](=O)[O-])cc3C(F)(F)F)CC2)CC1. The first-order valence-corrected chi connectivity index (χ1v) is 11.1. The van der Waals surface area contributed by atoms with Crippen molar-refractivity contribution in [1.29, 1.82) is 0 Å². The Hall–Kier alpha value is -2.56. The van der Waals surface area contributed by atoms with Crippen molar-refractivity contribution in [1.82, 2.24) is 9.80 Å². The number of likely N-dealkylation sites (tertiary alicyclic amines) is 1. The first-order chi connectivity index (χ1) is 15.3. The molecule has 1 amide bonds. The van der Waals surface area contributed by atoms with Gasteiger partial charge in [0.05, 0.1) is 10.5 Å². The van der Waals surface area contributed by atoms with Gasteiger partial charge >= 0.3 is 12.3 Å². The van der Waals surface area contributed by atoms with Gasteiger partial charge in [-0.1, -0.05) is 0 Å². The summed E-state index contributed by atoms with van der Waals surface area (Å²) in [5.74, 6) is 0.417. The van der Waals surface area contributed by atoms with Crippen molar-refractivity contribution in [2.24, 2.45) is 5.92 Å². The topological polar surface area (TPSA) is 79.2 Å². The summed E-state index contributed by atoms with van der Waals surface area (Å²) in [7, 11) is 0. The van der Waals surface area contributed by atoms with Crippen LogP contribution in [0.4, 0.5) is 29.3 Å². The Labute approximate surface area is 191 Å². The van der Waals surface area contributed by atoms with Crippen LogP contribution >= 0.6 is 0 Å². The number of benzene rings is 1. The summed E-state index contributed by atoms with van der Waals surface area (Å²) in [6.07, 6.45) is -3.24. The van der Waals surface area contributed by atoms with E-state index in [0.717, 1.165) is 25.5 Å². The monoisotopic (exact) mass is 472 g/mol. The normalized spacial score (nSPS) is 19.0. The fraction of sp³-hybridized carbons (Fsp3) is 0.682. The van der Waals surface area contributed by atoms with Crippen molar-refractivity contribution in [2.45, 2.75) is 45.4 Å². The number of anilines is 1. The number of rotatable bonds is 4. The number of alkyl halides is 3. The van der Waals surface area contributed by atoms with E-state index in [-0.39, 0.29) is 11.8 Å². The molecule has 8 nitrogen and oxygen atoms in total. The third kappa shape index (κ3) is 6.72. The van der Waals surface area contributed by atoms with Gasteiger partial charge in [0.25, 0.3) is 5.69 Å². The molecule has 2 aliphatic rings. The van der Waals surface area contributed by atoms with Gasteiger partial charge in [0.15, 0.2) is 0 Å². The number of carbonyl (C=O) groups is 1. The van der Waals surface area contributed by atoms with Crippen LogP contribution in [0, 0.1) is 16.0 Å². The van der Waals surface area contributed by atoms with Gasteiger partial charge in [-0.25, -0.2) is 4.79 Å². The van der Waals surface area contributed by atoms with Crippen LogP contribution in [0.1, 0.15) is 39.2 Å². The minimum atomic E-state index is -4.67. The lowest BCUT2D eigenvalue weighted by atomic mass is 9.96. The van der Waals surface area contributed by atoms with E-state index in [1.165, 1.54) is 6.07 Å². The number of ether oxygens (including phenoxy) is 1. The highest BCUT2D eigenvalue weighted by Crippen LogP contribution is 2.39. The minimum absolute atomic E-state index is 0.0154. The molecule has 2 fully saturated rings. The molecule has 2 heterocycles. The number of hydrogen-bond acceptors (Lipinski definition) is 6. The Morgan fingerprint density at radius 2 is 1.70 bits per heavy atom. The van der Waals surface area contributed by atoms with Crippen LogP contribution in [0.25, 0.3) is 0 Å². The quantitative estimate of drug-likeness (QED) is 0.478. The van der Waals surface area contributed by atoms with E-state index in [9.17, 15) is 28.1 Å². The van der Waals surface area contributed by atoms with E-state index in [1.54, 1.807) is 9.80 Å². The molecule has 0 saturated carbocycles. The molecular weight excluding hydrogens is 441 g/mol. The number of nitro benzene ring substituents is 1. The van der Waals surface area contributed by atoms with Gasteiger partial charge in [0.1, 0.15) is 5.60 Å². The molecule has 0 radical (unpaired) electrons. The molecule has 1 aromatic carbocycles. The summed E-state index contributed by atoms with van der Waals surface area (Å²) in [4.78, 5) is 27.9. The summed E-state index contributed by atoms with van der Waals surface area (Å²) in [5.41, 5.74) is -2.08. The van der Waals surface area contributed by atoms with E-state index >= 15 is 0 Å². The predicted molar refractivity (Wildman–Crippen MR) is 117 cm³/mol. The van der Waals surface area contributed by atoms with E-state index < -0.39 is 28.0 Å². The molecule has 3 rings (SSSR count). The lowest BCUT2D eigenvalue weighted by Gasteiger charge is -2.40. The number of hydrogen-bond donors (Lipinski definition) is 0. The second-order valence-corrected chi connectivity index (χ2v) is 9.65. The van der Waals surface area contributed by atoms with Crippen molar-refractivity contribution in [3.05, 3.63) is 33.9 Å². The second-order valence-electron chi connectivity index (χ2n) is 9.65. The first-order valence-electron chi connectivity index (χ1n) is 11.1. The first kappa shape index (κ1) is 25.1. The van der Waals surface area contributed by atoms with Crippen LogP contribution < -0.4 is 4.90 Å². The Morgan fingerprint density at radius 3 is 2.21 bits per heavy atom. The average Bonchev–Trinajstić information content (AvgIpc) is 2.72. The van der Waals surface area contributed by atoms with Gasteiger partial charge in [-0.2, -0.15) is 13.2 Å². The van der Waals surface area contributed by atoms with Gasteiger partial charge in [0.2, 0.25) is 0 Å². The maximum absolute atomic E-state index is 13.5. The highest BCUT2D eigenvalue weighted by molar-refractivity contribution is 5.68. The highest BCUT2D eigenvalue weighted by atomic mass is 19.4. The molecule has 0 unspecified atom stereocenters. The maximum Gasteiger partial charge on any atom is 0.418 e. The van der Waals surface area contributed by atoms with Crippen molar-refractivity contribution < 1.29 is 27.6 Å². The number of non-ortho nitro benzene ring substituents is 1. The van der Waals surface area contributed by atoms with E-state index in [1.807, 2.05) is 20.8 Å². The van der Waals surface area contributed by atoms with E-state index in [4.69, 9.17) is 4.74 Å². The molecule has 0 atom stereocenters. The van der Waals surface area contributed by atoms with Gasteiger partial charge in [0, 0.05) is 63.6 Å². The molecule has 0 bridgehead atoms. The van der Waals surface area contributed by atoms with Crippen LogP contribution in [0.5, 0.6) is 0 Å². The summed E-state index contributed by atoms with van der Waals surface area (Å²) < 4.78 is 46.0. The number of carbonyl (C=O) groups excluding carboxylic acids is 1. The minimum Gasteiger partial charge on any atom is -0.444 e. The van der Waals surface area contributed by atoms with E-state index in [0.29, 0.717) is 51.3 Å². The van der Waals surface area contributed by atoms with Crippen molar-refractivity contribution in [2.75, 3.05) is 50.7 Å². The fourth-order valence-electron chi connectivity index (χ4n) is 4.30. The Morgan fingerprint density at radius 1 is 1.09 bits per heavy atom. The van der Waals surface area contributed by atoms with Crippen LogP contribution in [0.2, 0.25) is 0 Å². The lowest BCUT2D eigenvalue weighted by molar-refractivity contribution is -0.385. The summed E-state index contributed by atoms with van der Waals surface area (Å²) >= 11 is 0. The van der Waals surface area contributed by atoms with Crippen molar-refractivity contribution >= 4 is 17.5 Å². The average molecular weight is 473 g/mol. The molecule has 2 saturated heterocycles. The largest absolute Gasteiger partial charge is 0.444 e. The Kier molecular flexibility index (Phi) is 7.40. The van der Waals surface area contributed by atoms with Crippen LogP contribution in [-0.2, 0) is 10.9 Å². The number of piperazine rings is 1. The molecule has 0 aliphatic carbocycles. The molecule has 1 aromatic rings. The van der Waals surface area contributed by atoms with Crippen LogP contribution in [0.15, 0.2) is 18.2 Å². The van der Waals surface area contributed by atoms with Crippen LogP contribution in [0.3, 0.4) is 0 Å². The Bertz CT molecular complexity index is 856. The standard InChI is InChI=1S/C22H31F3N4O4/c1-21(2,3)33-20(30)28-8-6-16(7-9-28)15-26-10-12-27(13-11-26)19-5-4-17(29(31)32)14-18(19)22(23,24)25/h4-5,14,16H,6-13,15H2,1-3H3. The zero-order valence-corrected chi connectivity index (χ0v) is 19.2. The summed E-state index contributed by atoms with van der Waals surface area (Å²) in [6.45, 7) is 9.68. The van der Waals surface area contributed by atoms with Crippen molar-refractivity contribution in [3.63, 3.8) is 0 Å². The Balaban J connectivity index is 1.52. The molecule has 0 spiro atoms. The zero-order valence-electron chi connectivity index (χ0n) is 19.2. The third-order valence-corrected chi connectivity index (χ3v) is 5.99. The van der Waals surface area contributed by atoms with Gasteiger partial charge < -0.3 is 14.5 Å². The van der Waals surface area contributed by atoms with Crippen molar-refractivity contribution in [3.8, 4) is 0 Å². The molecule has 0 aromatic heterocycles. The number of piperidine rings is 1. The second kappa shape index (κ2) is 9.74. The zero-order chi connectivity index (χ0) is 24.4. The number of halogens is 3. The summed E-state index contributed by atoms with van der Waals surface area (Å²) in [5, 5.41) is 10.9. The fourth-order valence-corrected chi connectivity index (χ4v) is 4.30. The van der Waals surface area contributed by atoms with Crippen LogP contribution in [-0.4, -0.2) is 72.2 Å². The molecular formula is C22H31F3N4O4. The molecule has 2 aliphatic heterocycles. The molecule has 11 heteroatoms. The molecule has 0 N–H and O–H groups in total. The molecule has 184 valence electrons. The number of nitro groups is 1. The van der Waals surface area contributed by atoms with Gasteiger partial charge in [-0.3, -0.25) is 15.0 Å². The predicted octanol–water partition coefficient (Wildman–Crippen LogP) is 4.38. The lowest BCUT2D eigenvalue weighted by Crippen LogP contribution is -2.49. The smallest absolute Gasteiger partial charge is 0.418 e. The number of nitrogens with zero attached hydrogens (tertiary/aromatic N) is 4. The number of amides is 1. The summed E-state index contributed by atoms with van der Waals surface area (Å²) in [6, 6.07) is 2.93. The molecule has 33 heavy (non-hydrogen) atoms. The van der Waals surface area contributed by atoms with Gasteiger partial charge in [-0.05, 0) is 45.6 Å². The third-order valence-electron chi connectivity index (χ3n) is 5.99. The van der Waals surface area contributed by atoms with E-state index in [2.05, 4.69) is 4.90 Å². The highest BCUT2D eigenvalue weighted by Gasteiger charge is 2.37. The van der Waals surface area contributed by atoms with Gasteiger partial charge in [-0.15, -0.1) is 0 Å². The maximum atomic E-state index is 13.5.